The monoisotopic (exact) mass is 288 g/mol. The molecule has 0 heterocycles. The molecule has 106 valence electrons. The molecule has 7 heteroatoms. The molecule has 0 aromatic heterocycles. The maximum atomic E-state index is 10.8. The van der Waals surface area contributed by atoms with Gasteiger partial charge in [0.05, 0.1) is 6.26 Å². The van der Waals surface area contributed by atoms with E-state index >= 15 is 0 Å². The second-order valence-corrected chi connectivity index (χ2v) is 5.46. The zero-order valence-corrected chi connectivity index (χ0v) is 11.6. The highest BCUT2D eigenvalue weighted by Gasteiger charge is 2.06. The summed E-state index contributed by atoms with van der Waals surface area (Å²) in [7, 11) is -3.47. The van der Waals surface area contributed by atoms with Crippen LogP contribution in [0.15, 0.2) is 24.3 Å². The van der Waals surface area contributed by atoms with Gasteiger partial charge in [0.2, 0.25) is 0 Å². The van der Waals surface area contributed by atoms with Gasteiger partial charge in [-0.2, -0.15) is 8.42 Å². The number of rotatable bonds is 8. The van der Waals surface area contributed by atoms with E-state index in [0.717, 1.165) is 6.26 Å². The Morgan fingerprint density at radius 1 is 1.11 bits per heavy atom. The normalized spacial score (nSPS) is 11.1. The maximum Gasteiger partial charge on any atom is 0.264 e. The average Bonchev–Trinajstić information content (AvgIpc) is 2.32. The Hall–Kier alpha value is -1.60. The standard InChI is InChI=1S/C12H16O6S/c1-10(13)9-17-12-6-4-3-5-11(12)16-7-8-18-19(2,14)15/h3-6H,7-9H2,1-2H3. The molecular formula is C12H16O6S. The highest BCUT2D eigenvalue weighted by atomic mass is 32.2. The van der Waals surface area contributed by atoms with Gasteiger partial charge in [-0.15, -0.1) is 0 Å². The summed E-state index contributed by atoms with van der Waals surface area (Å²) in [6.45, 7) is 1.36. The molecule has 6 nitrogen and oxygen atoms in total. The van der Waals surface area contributed by atoms with E-state index in [1.165, 1.54) is 6.92 Å². The molecule has 0 saturated carbocycles. The third-order valence-corrected chi connectivity index (χ3v) is 2.51. The van der Waals surface area contributed by atoms with Crippen molar-refractivity contribution in [1.29, 1.82) is 0 Å². The highest BCUT2D eigenvalue weighted by Crippen LogP contribution is 2.26. The van der Waals surface area contributed by atoms with Crippen LogP contribution in [-0.4, -0.2) is 40.3 Å². The molecule has 19 heavy (non-hydrogen) atoms. The van der Waals surface area contributed by atoms with Crippen molar-refractivity contribution in [2.24, 2.45) is 0 Å². The van der Waals surface area contributed by atoms with E-state index in [1.807, 2.05) is 0 Å². The van der Waals surface area contributed by atoms with Gasteiger partial charge in [-0.3, -0.25) is 8.98 Å². The summed E-state index contributed by atoms with van der Waals surface area (Å²) in [6.07, 6.45) is 0.969. The van der Waals surface area contributed by atoms with Crippen molar-refractivity contribution in [3.05, 3.63) is 24.3 Å². The lowest BCUT2D eigenvalue weighted by Crippen LogP contribution is -2.12. The first-order valence-corrected chi connectivity index (χ1v) is 7.38. The Balaban J connectivity index is 2.50. The fourth-order valence-corrected chi connectivity index (χ4v) is 1.58. The molecule has 0 saturated heterocycles. The zero-order chi connectivity index (χ0) is 14.3. The lowest BCUT2D eigenvalue weighted by molar-refractivity contribution is -0.118. The molecular weight excluding hydrogens is 272 g/mol. The van der Waals surface area contributed by atoms with Gasteiger partial charge in [0, 0.05) is 0 Å². The van der Waals surface area contributed by atoms with Crippen LogP contribution in [0.1, 0.15) is 6.92 Å². The van der Waals surface area contributed by atoms with E-state index in [4.69, 9.17) is 9.47 Å². The number of hydrogen-bond acceptors (Lipinski definition) is 6. The van der Waals surface area contributed by atoms with Crippen LogP contribution in [0.25, 0.3) is 0 Å². The molecule has 0 atom stereocenters. The second kappa shape index (κ2) is 7.10. The number of ether oxygens (including phenoxy) is 2. The predicted molar refractivity (Wildman–Crippen MR) is 68.9 cm³/mol. The van der Waals surface area contributed by atoms with E-state index < -0.39 is 10.1 Å². The number of benzene rings is 1. The van der Waals surface area contributed by atoms with Gasteiger partial charge in [0.15, 0.2) is 17.3 Å². The van der Waals surface area contributed by atoms with Gasteiger partial charge < -0.3 is 9.47 Å². The van der Waals surface area contributed by atoms with E-state index in [-0.39, 0.29) is 25.6 Å². The smallest absolute Gasteiger partial charge is 0.264 e. The van der Waals surface area contributed by atoms with Crippen LogP contribution in [0.4, 0.5) is 0 Å². The molecule has 0 aliphatic carbocycles. The second-order valence-electron chi connectivity index (χ2n) is 3.81. The van der Waals surface area contributed by atoms with Gasteiger partial charge in [-0.25, -0.2) is 0 Å². The van der Waals surface area contributed by atoms with Crippen molar-refractivity contribution >= 4 is 15.9 Å². The molecule has 1 rings (SSSR count). The van der Waals surface area contributed by atoms with Crippen molar-refractivity contribution in [2.75, 3.05) is 26.1 Å². The Kier molecular flexibility index (Phi) is 5.78. The summed E-state index contributed by atoms with van der Waals surface area (Å²) in [5, 5.41) is 0. The number of carbonyl (C=O) groups excluding carboxylic acids is 1. The van der Waals surface area contributed by atoms with E-state index in [2.05, 4.69) is 4.18 Å². The fourth-order valence-electron chi connectivity index (χ4n) is 1.21. The van der Waals surface area contributed by atoms with E-state index in [0.29, 0.717) is 11.5 Å². The summed E-state index contributed by atoms with van der Waals surface area (Å²) in [6, 6.07) is 6.81. The maximum absolute atomic E-state index is 10.8. The Morgan fingerprint density at radius 2 is 1.68 bits per heavy atom. The van der Waals surface area contributed by atoms with Crippen LogP contribution in [0.2, 0.25) is 0 Å². The summed E-state index contributed by atoms with van der Waals surface area (Å²) >= 11 is 0. The van der Waals surface area contributed by atoms with Crippen molar-refractivity contribution in [3.8, 4) is 11.5 Å². The number of para-hydroxylation sites is 2. The van der Waals surface area contributed by atoms with Gasteiger partial charge in [0.1, 0.15) is 19.8 Å². The molecule has 1 aromatic rings. The minimum Gasteiger partial charge on any atom is -0.487 e. The van der Waals surface area contributed by atoms with Gasteiger partial charge >= 0.3 is 0 Å². The number of carbonyl (C=O) groups is 1. The first-order chi connectivity index (χ1) is 8.88. The molecule has 0 amide bonds. The summed E-state index contributed by atoms with van der Waals surface area (Å²) in [4.78, 5) is 10.8. The molecule has 0 aliphatic heterocycles. The lowest BCUT2D eigenvalue weighted by atomic mass is 10.3. The van der Waals surface area contributed by atoms with Gasteiger partial charge in [-0.1, -0.05) is 12.1 Å². The van der Waals surface area contributed by atoms with Gasteiger partial charge in [0.25, 0.3) is 10.1 Å². The van der Waals surface area contributed by atoms with Crippen molar-refractivity contribution < 1.29 is 26.9 Å². The van der Waals surface area contributed by atoms with E-state index in [1.54, 1.807) is 24.3 Å². The highest BCUT2D eigenvalue weighted by molar-refractivity contribution is 7.85. The van der Waals surface area contributed by atoms with Crippen molar-refractivity contribution in [2.45, 2.75) is 6.92 Å². The fraction of sp³-hybridized carbons (Fsp3) is 0.417. The van der Waals surface area contributed by atoms with Crippen molar-refractivity contribution in [1.82, 2.24) is 0 Å². The van der Waals surface area contributed by atoms with Crippen LogP contribution >= 0.6 is 0 Å². The van der Waals surface area contributed by atoms with E-state index in [9.17, 15) is 13.2 Å². The first-order valence-electron chi connectivity index (χ1n) is 5.57. The van der Waals surface area contributed by atoms with Crippen molar-refractivity contribution in [3.63, 3.8) is 0 Å². The summed E-state index contributed by atoms with van der Waals surface area (Å²) in [5.74, 6) is 0.758. The molecule has 0 N–H and O–H groups in total. The Labute approximate surface area is 112 Å². The number of Topliss-reactive ketones (excluding diaryl/α,β-unsaturated/α-hetero) is 1. The lowest BCUT2D eigenvalue weighted by Gasteiger charge is -2.11. The van der Waals surface area contributed by atoms with Crippen LogP contribution in [-0.2, 0) is 19.1 Å². The van der Waals surface area contributed by atoms with Crippen LogP contribution < -0.4 is 9.47 Å². The SMILES string of the molecule is CC(=O)COc1ccccc1OCCOS(C)(=O)=O. The molecule has 0 aliphatic rings. The average molecular weight is 288 g/mol. The molecule has 0 fully saturated rings. The Morgan fingerprint density at radius 3 is 2.21 bits per heavy atom. The molecule has 0 bridgehead atoms. The minimum atomic E-state index is -3.47. The third-order valence-electron chi connectivity index (χ3n) is 1.92. The molecule has 0 unspecified atom stereocenters. The van der Waals surface area contributed by atoms with Crippen LogP contribution in [0.5, 0.6) is 11.5 Å². The van der Waals surface area contributed by atoms with Crippen LogP contribution in [0.3, 0.4) is 0 Å². The predicted octanol–water partition coefficient (Wildman–Crippen LogP) is 1.01. The zero-order valence-electron chi connectivity index (χ0n) is 10.8. The Bertz CT molecular complexity index is 523. The summed E-state index contributed by atoms with van der Waals surface area (Å²) in [5.41, 5.74) is 0. The number of hydrogen-bond donors (Lipinski definition) is 0. The topological polar surface area (TPSA) is 78.9 Å². The quantitative estimate of drug-likeness (QED) is 0.524. The summed E-state index contributed by atoms with van der Waals surface area (Å²) < 4.78 is 36.6. The minimum absolute atomic E-state index is 0.0415. The van der Waals surface area contributed by atoms with Gasteiger partial charge in [-0.05, 0) is 19.1 Å². The largest absolute Gasteiger partial charge is 0.487 e. The number of ketones is 1. The molecule has 1 aromatic carbocycles. The third kappa shape index (κ3) is 6.78. The first kappa shape index (κ1) is 15.5. The molecule has 0 radical (unpaired) electrons. The van der Waals surface area contributed by atoms with Crippen LogP contribution in [0, 0.1) is 0 Å². The molecule has 0 spiro atoms.